The van der Waals surface area contributed by atoms with Gasteiger partial charge in [0.2, 0.25) is 5.91 Å². The number of rotatable bonds is 3. The molecule has 0 fully saturated rings. The Morgan fingerprint density at radius 1 is 1.56 bits per heavy atom. The van der Waals surface area contributed by atoms with Crippen molar-refractivity contribution in [1.82, 2.24) is 4.98 Å². The summed E-state index contributed by atoms with van der Waals surface area (Å²) in [6, 6.07) is 5.81. The number of halogens is 2. The summed E-state index contributed by atoms with van der Waals surface area (Å²) in [6.45, 7) is 0. The van der Waals surface area contributed by atoms with Crippen molar-refractivity contribution in [2.45, 2.75) is 6.42 Å². The summed E-state index contributed by atoms with van der Waals surface area (Å²) in [5.74, 6) is 0.218. The normalized spacial score (nSPS) is 10.6. The number of alkyl halides is 1. The highest BCUT2D eigenvalue weighted by atomic mass is 79.9. The average Bonchev–Trinajstić information content (AvgIpc) is 2.59. The predicted molar refractivity (Wildman–Crippen MR) is 71.3 cm³/mol. The van der Waals surface area contributed by atoms with Crippen LogP contribution in [0.4, 0.5) is 5.13 Å². The van der Waals surface area contributed by atoms with Crippen molar-refractivity contribution >= 4 is 60.1 Å². The second kappa shape index (κ2) is 5.12. The molecular formula is C10H8BrClN2OS. The van der Waals surface area contributed by atoms with Crippen molar-refractivity contribution in [1.29, 1.82) is 0 Å². The summed E-state index contributed by atoms with van der Waals surface area (Å²) in [4.78, 5) is 15.6. The van der Waals surface area contributed by atoms with Gasteiger partial charge in [0.1, 0.15) is 0 Å². The molecule has 2 rings (SSSR count). The van der Waals surface area contributed by atoms with E-state index in [4.69, 9.17) is 11.6 Å². The highest BCUT2D eigenvalue weighted by Crippen LogP contribution is 2.28. The maximum absolute atomic E-state index is 11.3. The maximum atomic E-state index is 11.3. The number of anilines is 1. The molecule has 0 aliphatic carbocycles. The Labute approximate surface area is 110 Å². The average molecular weight is 320 g/mol. The van der Waals surface area contributed by atoms with E-state index >= 15 is 0 Å². The topological polar surface area (TPSA) is 42.0 Å². The number of aromatic nitrogens is 1. The van der Waals surface area contributed by atoms with Crippen LogP contribution in [0.3, 0.4) is 0 Å². The fraction of sp³-hybridized carbons (Fsp3) is 0.200. The highest BCUT2D eigenvalue weighted by Gasteiger charge is 2.07. The fourth-order valence-corrected chi connectivity index (χ4v) is 2.83. The van der Waals surface area contributed by atoms with Crippen molar-refractivity contribution < 1.29 is 4.79 Å². The molecule has 84 valence electrons. The first-order chi connectivity index (χ1) is 7.69. The number of carbonyl (C=O) groups is 1. The van der Waals surface area contributed by atoms with Crippen LogP contribution in [0.2, 0.25) is 0 Å². The van der Waals surface area contributed by atoms with Gasteiger partial charge in [-0.25, -0.2) is 4.98 Å². The van der Waals surface area contributed by atoms with E-state index in [-0.39, 0.29) is 5.91 Å². The molecule has 2 aromatic rings. The number of hydrogen-bond donors (Lipinski definition) is 1. The second-order valence-corrected chi connectivity index (χ2v) is 5.44. The number of thiazole rings is 1. The Morgan fingerprint density at radius 2 is 2.38 bits per heavy atom. The summed E-state index contributed by atoms with van der Waals surface area (Å²) in [5, 5.41) is 3.33. The lowest BCUT2D eigenvalue weighted by Gasteiger charge is -1.96. The molecule has 0 unspecified atom stereocenters. The van der Waals surface area contributed by atoms with E-state index in [2.05, 4.69) is 26.2 Å². The van der Waals surface area contributed by atoms with Crippen LogP contribution in [-0.4, -0.2) is 16.8 Å². The minimum absolute atomic E-state index is 0.104. The molecule has 1 aromatic carbocycles. The van der Waals surface area contributed by atoms with Gasteiger partial charge in [0, 0.05) is 16.8 Å². The number of nitrogens with zero attached hydrogens (tertiary/aromatic N) is 1. The first-order valence-corrected chi connectivity index (χ1v) is 6.75. The molecule has 0 atom stereocenters. The summed E-state index contributed by atoms with van der Waals surface area (Å²) in [6.07, 6.45) is 0.307. The van der Waals surface area contributed by atoms with E-state index < -0.39 is 0 Å². The molecule has 1 heterocycles. The number of carbonyl (C=O) groups excluding carboxylic acids is 1. The maximum Gasteiger partial charge on any atom is 0.227 e. The number of hydrogen-bond acceptors (Lipinski definition) is 3. The van der Waals surface area contributed by atoms with Gasteiger partial charge < -0.3 is 5.32 Å². The molecule has 0 aliphatic heterocycles. The van der Waals surface area contributed by atoms with Crippen molar-refractivity contribution in [2.75, 3.05) is 11.2 Å². The van der Waals surface area contributed by atoms with Crippen molar-refractivity contribution in [2.24, 2.45) is 0 Å². The molecule has 0 spiro atoms. The smallest absolute Gasteiger partial charge is 0.227 e. The van der Waals surface area contributed by atoms with Gasteiger partial charge in [-0.2, -0.15) is 0 Å². The lowest BCUT2D eigenvalue weighted by Crippen LogP contribution is -2.11. The zero-order valence-corrected chi connectivity index (χ0v) is 11.3. The number of fused-ring (bicyclic) bond motifs is 1. The summed E-state index contributed by atoms with van der Waals surface area (Å²) >= 11 is 10.3. The third-order valence-corrected chi connectivity index (χ3v) is 3.53. The second-order valence-electron chi connectivity index (χ2n) is 3.12. The summed E-state index contributed by atoms with van der Waals surface area (Å²) in [5.41, 5.74) is 0.884. The van der Waals surface area contributed by atoms with Crippen LogP contribution in [0.15, 0.2) is 22.7 Å². The van der Waals surface area contributed by atoms with Crippen LogP contribution in [0.5, 0.6) is 0 Å². The lowest BCUT2D eigenvalue weighted by molar-refractivity contribution is -0.115. The molecule has 6 heteroatoms. The van der Waals surface area contributed by atoms with Crippen LogP contribution in [-0.2, 0) is 4.79 Å². The van der Waals surface area contributed by atoms with Crippen molar-refractivity contribution in [3.63, 3.8) is 0 Å². The van der Waals surface area contributed by atoms with Crippen molar-refractivity contribution in [3.05, 3.63) is 22.7 Å². The fourth-order valence-electron chi connectivity index (χ4n) is 1.22. The van der Waals surface area contributed by atoms with Gasteiger partial charge >= 0.3 is 0 Å². The van der Waals surface area contributed by atoms with E-state index in [1.54, 1.807) is 0 Å². The van der Waals surface area contributed by atoms with Crippen LogP contribution >= 0.6 is 38.9 Å². The summed E-state index contributed by atoms with van der Waals surface area (Å²) < 4.78 is 2.04. The SMILES string of the molecule is O=C(CCCl)Nc1nc2ccc(Br)cc2s1. The summed E-state index contributed by atoms with van der Waals surface area (Å²) in [7, 11) is 0. The zero-order chi connectivity index (χ0) is 11.5. The largest absolute Gasteiger partial charge is 0.302 e. The van der Waals surface area contributed by atoms with E-state index in [0.717, 1.165) is 14.7 Å². The van der Waals surface area contributed by atoms with Gasteiger partial charge in [-0.15, -0.1) is 11.6 Å². The Morgan fingerprint density at radius 3 is 3.12 bits per heavy atom. The number of benzene rings is 1. The van der Waals surface area contributed by atoms with Crippen molar-refractivity contribution in [3.8, 4) is 0 Å². The third kappa shape index (κ3) is 2.72. The molecule has 3 nitrogen and oxygen atoms in total. The molecule has 1 N–H and O–H groups in total. The Kier molecular flexibility index (Phi) is 3.78. The van der Waals surface area contributed by atoms with E-state index in [1.807, 2.05) is 18.2 Å². The van der Waals surface area contributed by atoms with E-state index in [9.17, 15) is 4.79 Å². The van der Waals surface area contributed by atoms with Gasteiger partial charge in [-0.3, -0.25) is 4.79 Å². The molecule has 1 aromatic heterocycles. The first kappa shape index (κ1) is 11.8. The Balaban J connectivity index is 2.23. The van der Waals surface area contributed by atoms with Crippen LogP contribution in [0.1, 0.15) is 6.42 Å². The third-order valence-electron chi connectivity index (χ3n) is 1.92. The van der Waals surface area contributed by atoms with Crippen LogP contribution in [0, 0.1) is 0 Å². The van der Waals surface area contributed by atoms with Crippen LogP contribution in [0.25, 0.3) is 10.2 Å². The molecule has 1 amide bonds. The predicted octanol–water partition coefficient (Wildman–Crippen LogP) is 3.63. The van der Waals surface area contributed by atoms with Crippen LogP contribution < -0.4 is 5.32 Å². The van der Waals surface area contributed by atoms with Gasteiger partial charge in [-0.05, 0) is 18.2 Å². The zero-order valence-electron chi connectivity index (χ0n) is 8.17. The van der Waals surface area contributed by atoms with Gasteiger partial charge in [-0.1, -0.05) is 27.3 Å². The monoisotopic (exact) mass is 318 g/mol. The first-order valence-electron chi connectivity index (χ1n) is 4.61. The Hall–Kier alpha value is -0.650. The number of nitrogens with one attached hydrogen (secondary N) is 1. The lowest BCUT2D eigenvalue weighted by atomic mass is 10.3. The number of amides is 1. The molecule has 0 saturated carbocycles. The molecule has 0 saturated heterocycles. The quantitative estimate of drug-likeness (QED) is 0.878. The minimum Gasteiger partial charge on any atom is -0.302 e. The van der Waals surface area contributed by atoms with E-state index in [0.29, 0.717) is 17.4 Å². The molecular weight excluding hydrogens is 312 g/mol. The standard InChI is InChI=1S/C10H8BrClN2OS/c11-6-1-2-7-8(5-6)16-10(13-7)14-9(15)3-4-12/h1-2,5H,3-4H2,(H,13,14,15). The van der Waals surface area contributed by atoms with Gasteiger partial charge in [0.15, 0.2) is 5.13 Å². The molecule has 16 heavy (non-hydrogen) atoms. The molecule has 0 bridgehead atoms. The molecule has 0 aliphatic rings. The minimum atomic E-state index is -0.104. The Bertz CT molecular complexity index is 529. The highest BCUT2D eigenvalue weighted by molar-refractivity contribution is 9.10. The van der Waals surface area contributed by atoms with E-state index in [1.165, 1.54) is 11.3 Å². The molecule has 0 radical (unpaired) electrons. The van der Waals surface area contributed by atoms with Gasteiger partial charge in [0.05, 0.1) is 10.2 Å². The van der Waals surface area contributed by atoms with Gasteiger partial charge in [0.25, 0.3) is 0 Å².